The molecule has 0 radical (unpaired) electrons. The van der Waals surface area contributed by atoms with Crippen LogP contribution in [0.1, 0.15) is 45.4 Å². The zero-order valence-corrected chi connectivity index (χ0v) is 13.0. The first-order valence-electron chi connectivity index (χ1n) is 8.05. The number of hydrogen-bond acceptors (Lipinski definition) is 4. The number of nitrogens with one attached hydrogen (secondary N) is 2. The van der Waals surface area contributed by atoms with E-state index in [1.165, 1.54) is 0 Å². The van der Waals surface area contributed by atoms with E-state index in [4.69, 9.17) is 5.73 Å². The first-order chi connectivity index (χ1) is 10.4. The van der Waals surface area contributed by atoms with E-state index in [2.05, 4.69) is 10.6 Å². The van der Waals surface area contributed by atoms with Crippen LogP contribution in [0.25, 0.3) is 0 Å². The number of amides is 4. The molecule has 1 atom stereocenters. The monoisotopic (exact) mass is 308 g/mol. The van der Waals surface area contributed by atoms with Crippen LogP contribution >= 0.6 is 0 Å². The Labute approximate surface area is 130 Å². The molecule has 1 heterocycles. The molecule has 0 bridgehead atoms. The molecule has 7 heteroatoms. The smallest absolute Gasteiger partial charge is 0.325 e. The highest BCUT2D eigenvalue weighted by Crippen LogP contribution is 2.42. The van der Waals surface area contributed by atoms with Gasteiger partial charge in [0.2, 0.25) is 5.91 Å². The largest absolute Gasteiger partial charge is 0.348 e. The molecule has 3 aliphatic rings. The van der Waals surface area contributed by atoms with Gasteiger partial charge in [-0.1, -0.05) is 12.8 Å². The SMILES string of the molecule is CC1(C2CC2)NC(=O)N(CC(=O)NC2(CN)CCCC2)C1=O. The van der Waals surface area contributed by atoms with Gasteiger partial charge in [-0.25, -0.2) is 4.79 Å². The van der Waals surface area contributed by atoms with Gasteiger partial charge in [0.1, 0.15) is 12.1 Å². The summed E-state index contributed by atoms with van der Waals surface area (Å²) in [6.45, 7) is 1.91. The van der Waals surface area contributed by atoms with E-state index < -0.39 is 11.6 Å². The number of nitrogens with two attached hydrogens (primary N) is 1. The number of carbonyl (C=O) groups excluding carboxylic acids is 3. The molecule has 0 aromatic carbocycles. The van der Waals surface area contributed by atoms with Gasteiger partial charge in [0, 0.05) is 6.54 Å². The fraction of sp³-hybridized carbons (Fsp3) is 0.800. The molecule has 4 amide bonds. The fourth-order valence-electron chi connectivity index (χ4n) is 3.71. The molecule has 7 nitrogen and oxygen atoms in total. The quantitative estimate of drug-likeness (QED) is 0.626. The van der Waals surface area contributed by atoms with Crippen molar-refractivity contribution >= 4 is 17.8 Å². The lowest BCUT2D eigenvalue weighted by Gasteiger charge is -2.29. The normalized spacial score (nSPS) is 30.5. The summed E-state index contributed by atoms with van der Waals surface area (Å²) in [5.41, 5.74) is 4.59. The lowest BCUT2D eigenvalue weighted by molar-refractivity contribution is -0.135. The van der Waals surface area contributed by atoms with Crippen molar-refractivity contribution in [1.29, 1.82) is 0 Å². The van der Waals surface area contributed by atoms with Crippen LogP contribution < -0.4 is 16.4 Å². The van der Waals surface area contributed by atoms with Gasteiger partial charge in [-0.2, -0.15) is 0 Å². The van der Waals surface area contributed by atoms with Gasteiger partial charge >= 0.3 is 6.03 Å². The van der Waals surface area contributed by atoms with E-state index in [1.54, 1.807) is 6.92 Å². The van der Waals surface area contributed by atoms with Crippen molar-refractivity contribution in [1.82, 2.24) is 15.5 Å². The Morgan fingerprint density at radius 2 is 2.00 bits per heavy atom. The average Bonchev–Trinajstić information content (AvgIpc) is 3.21. The van der Waals surface area contributed by atoms with Crippen LogP contribution in [0.3, 0.4) is 0 Å². The minimum atomic E-state index is -0.837. The van der Waals surface area contributed by atoms with E-state index >= 15 is 0 Å². The molecule has 22 heavy (non-hydrogen) atoms. The van der Waals surface area contributed by atoms with E-state index in [0.29, 0.717) is 6.54 Å². The molecule has 1 unspecified atom stereocenters. The number of nitrogens with zero attached hydrogens (tertiary/aromatic N) is 1. The van der Waals surface area contributed by atoms with Crippen molar-refractivity contribution in [2.75, 3.05) is 13.1 Å². The fourth-order valence-corrected chi connectivity index (χ4v) is 3.71. The molecule has 0 aromatic heterocycles. The van der Waals surface area contributed by atoms with Gasteiger partial charge in [0.15, 0.2) is 0 Å². The van der Waals surface area contributed by atoms with Crippen LogP contribution in [0.5, 0.6) is 0 Å². The molecule has 4 N–H and O–H groups in total. The topological polar surface area (TPSA) is 105 Å². The standard InChI is InChI=1S/C15H24N4O3/c1-14(10-4-5-10)12(21)19(13(22)18-14)8-11(20)17-15(9-16)6-2-3-7-15/h10H,2-9,16H2,1H3,(H,17,20)(H,18,22). The Bertz CT molecular complexity index is 511. The molecule has 2 saturated carbocycles. The van der Waals surface area contributed by atoms with Gasteiger partial charge in [-0.15, -0.1) is 0 Å². The number of rotatable bonds is 5. The summed E-state index contributed by atoms with van der Waals surface area (Å²) in [5, 5.41) is 5.69. The third-order valence-electron chi connectivity index (χ3n) is 5.35. The van der Waals surface area contributed by atoms with Crippen LogP contribution in [-0.2, 0) is 9.59 Å². The van der Waals surface area contributed by atoms with Crippen molar-refractivity contribution in [2.45, 2.75) is 56.5 Å². The summed E-state index contributed by atoms with van der Waals surface area (Å²) in [6, 6.07) is -0.470. The van der Waals surface area contributed by atoms with Gasteiger partial charge < -0.3 is 16.4 Å². The molecule has 122 valence electrons. The highest BCUT2D eigenvalue weighted by molar-refractivity contribution is 6.09. The predicted molar refractivity (Wildman–Crippen MR) is 79.8 cm³/mol. The minimum absolute atomic E-state index is 0.197. The molecule has 3 rings (SSSR count). The van der Waals surface area contributed by atoms with Crippen LogP contribution in [0.4, 0.5) is 4.79 Å². The zero-order chi connectivity index (χ0) is 16.0. The third-order valence-corrected chi connectivity index (χ3v) is 5.35. The minimum Gasteiger partial charge on any atom is -0.348 e. The van der Waals surface area contributed by atoms with Crippen LogP contribution in [0.2, 0.25) is 0 Å². The highest BCUT2D eigenvalue weighted by atomic mass is 16.2. The van der Waals surface area contributed by atoms with Crippen LogP contribution in [0, 0.1) is 5.92 Å². The van der Waals surface area contributed by atoms with Crippen molar-refractivity contribution in [3.05, 3.63) is 0 Å². The summed E-state index contributed by atoms with van der Waals surface area (Å²) >= 11 is 0. The van der Waals surface area contributed by atoms with Crippen molar-refractivity contribution in [2.24, 2.45) is 11.7 Å². The summed E-state index contributed by atoms with van der Waals surface area (Å²) < 4.78 is 0. The zero-order valence-electron chi connectivity index (χ0n) is 13.0. The summed E-state index contributed by atoms with van der Waals surface area (Å²) in [4.78, 5) is 37.8. The van der Waals surface area contributed by atoms with Gasteiger partial charge in [-0.05, 0) is 38.5 Å². The Balaban J connectivity index is 1.64. The molecule has 0 spiro atoms. The highest BCUT2D eigenvalue weighted by Gasteiger charge is 2.56. The lowest BCUT2D eigenvalue weighted by atomic mass is 9.96. The van der Waals surface area contributed by atoms with Gasteiger partial charge in [0.25, 0.3) is 5.91 Å². The Kier molecular flexibility index (Phi) is 3.63. The average molecular weight is 308 g/mol. The number of carbonyl (C=O) groups is 3. The first kappa shape index (κ1) is 15.3. The maximum atomic E-state index is 12.5. The number of imide groups is 1. The van der Waals surface area contributed by atoms with Gasteiger partial charge in [0.05, 0.1) is 5.54 Å². The number of urea groups is 1. The molecule has 3 fully saturated rings. The molecular formula is C15H24N4O3. The second-order valence-corrected chi connectivity index (χ2v) is 7.04. The van der Waals surface area contributed by atoms with E-state index in [9.17, 15) is 14.4 Å². The molecule has 1 saturated heterocycles. The number of hydrogen-bond donors (Lipinski definition) is 3. The van der Waals surface area contributed by atoms with Crippen molar-refractivity contribution in [3.8, 4) is 0 Å². The van der Waals surface area contributed by atoms with Crippen molar-refractivity contribution < 1.29 is 14.4 Å². The molecule has 0 aromatic rings. The second kappa shape index (κ2) is 5.22. The maximum Gasteiger partial charge on any atom is 0.325 e. The molecule has 1 aliphatic heterocycles. The first-order valence-corrected chi connectivity index (χ1v) is 8.05. The summed E-state index contributed by atoms with van der Waals surface area (Å²) in [5.74, 6) is -0.401. The summed E-state index contributed by atoms with van der Waals surface area (Å²) in [6.07, 6.45) is 5.68. The molecule has 2 aliphatic carbocycles. The third kappa shape index (κ3) is 2.47. The van der Waals surface area contributed by atoms with E-state index in [-0.39, 0.29) is 29.8 Å². The van der Waals surface area contributed by atoms with E-state index in [1.807, 2.05) is 0 Å². The summed E-state index contributed by atoms with van der Waals surface area (Å²) in [7, 11) is 0. The van der Waals surface area contributed by atoms with Crippen molar-refractivity contribution in [3.63, 3.8) is 0 Å². The predicted octanol–water partition coefficient (Wildman–Crippen LogP) is 0.0946. The Hall–Kier alpha value is -1.63. The van der Waals surface area contributed by atoms with E-state index in [0.717, 1.165) is 43.4 Å². The van der Waals surface area contributed by atoms with Crippen LogP contribution in [0.15, 0.2) is 0 Å². The molecular weight excluding hydrogens is 284 g/mol. The lowest BCUT2D eigenvalue weighted by Crippen LogP contribution is -2.55. The Morgan fingerprint density at radius 3 is 2.55 bits per heavy atom. The van der Waals surface area contributed by atoms with Crippen LogP contribution in [-0.4, -0.2) is 46.9 Å². The maximum absolute atomic E-state index is 12.5. The van der Waals surface area contributed by atoms with Gasteiger partial charge in [-0.3, -0.25) is 14.5 Å². The second-order valence-electron chi connectivity index (χ2n) is 7.04. The Morgan fingerprint density at radius 1 is 1.36 bits per heavy atom.